The van der Waals surface area contributed by atoms with Crippen LogP contribution in [0.15, 0.2) is 18.2 Å². The Morgan fingerprint density at radius 3 is 1.89 bits per heavy atom. The topological polar surface area (TPSA) is 96.5 Å². The van der Waals surface area contributed by atoms with Crippen LogP contribution in [0.25, 0.3) is 0 Å². The van der Waals surface area contributed by atoms with Gasteiger partial charge in [0.2, 0.25) is 0 Å². The number of amides is 2. The average molecular weight is 664 g/mol. The summed E-state index contributed by atoms with van der Waals surface area (Å²) in [7, 11) is 0. The van der Waals surface area contributed by atoms with Crippen molar-refractivity contribution < 1.29 is 68.2 Å². The molecule has 9 nitrogen and oxygen atoms in total. The molecule has 0 aliphatic carbocycles. The maximum absolute atomic E-state index is 13.1. The van der Waals surface area contributed by atoms with Crippen molar-refractivity contribution in [2.45, 2.75) is 81.8 Å². The first-order valence-corrected chi connectivity index (χ1v) is 13.9. The highest BCUT2D eigenvalue weighted by Crippen LogP contribution is 2.41. The number of likely N-dealkylation sites (tertiary alicyclic amines) is 3. The van der Waals surface area contributed by atoms with E-state index >= 15 is 0 Å². The monoisotopic (exact) mass is 663 g/mol. The molecular weight excluding hydrogens is 633 g/mol. The number of benzene rings is 1. The molecule has 3 aliphatic heterocycles. The number of halogens is 9. The molecular formula is C27H30F9N3O6. The maximum Gasteiger partial charge on any atom is 0.573 e. The second kappa shape index (κ2) is 14.3. The summed E-state index contributed by atoms with van der Waals surface area (Å²) in [5.74, 6) is -0.961. The van der Waals surface area contributed by atoms with E-state index in [9.17, 15) is 49.1 Å². The molecule has 3 aliphatic rings. The van der Waals surface area contributed by atoms with Crippen LogP contribution in [0.4, 0.5) is 44.3 Å². The first kappa shape index (κ1) is 35.9. The molecule has 0 bridgehead atoms. The third-order valence-corrected chi connectivity index (χ3v) is 7.97. The predicted octanol–water partition coefficient (Wildman–Crippen LogP) is 5.69. The van der Waals surface area contributed by atoms with Crippen LogP contribution in [0.3, 0.4) is 0 Å². The zero-order valence-corrected chi connectivity index (χ0v) is 23.7. The lowest BCUT2D eigenvalue weighted by molar-refractivity contribution is -0.308. The maximum atomic E-state index is 13.1. The lowest BCUT2D eigenvalue weighted by Crippen LogP contribution is -2.54. The van der Waals surface area contributed by atoms with Gasteiger partial charge in [-0.25, -0.2) is 4.79 Å². The Balaban J connectivity index is 0.00000177. The molecule has 3 fully saturated rings. The van der Waals surface area contributed by atoms with E-state index in [2.05, 4.69) is 9.47 Å². The standard InChI is InChI=1S/C26H30F9N3O4.CO2/c27-24(28,29)21(25(30,31)32)41-22(40)37-11-6-23(7-12-37)5-4-10-38(23)16-17-13-18(15-19(14-17)42-26(33,34)35)20(39)36-8-2-1-3-9-36;2-1-3/h13-15,21H,1-12,16H2;. The lowest BCUT2D eigenvalue weighted by atomic mass is 9.85. The number of nitrogens with zero attached hydrogens (tertiary/aromatic N) is 3. The average Bonchev–Trinajstić information content (AvgIpc) is 3.31. The van der Waals surface area contributed by atoms with Crippen LogP contribution >= 0.6 is 0 Å². The molecule has 1 spiro atoms. The summed E-state index contributed by atoms with van der Waals surface area (Å²) in [6, 6.07) is 3.74. The van der Waals surface area contributed by atoms with Gasteiger partial charge in [0.15, 0.2) is 0 Å². The van der Waals surface area contributed by atoms with Crippen molar-refractivity contribution in [3.05, 3.63) is 29.3 Å². The van der Waals surface area contributed by atoms with E-state index in [0.717, 1.165) is 30.2 Å². The van der Waals surface area contributed by atoms with Crippen LogP contribution in [0.2, 0.25) is 0 Å². The third-order valence-electron chi connectivity index (χ3n) is 7.97. The van der Waals surface area contributed by atoms with Crippen LogP contribution in [0, 0.1) is 0 Å². The second-order valence-electron chi connectivity index (χ2n) is 10.9. The van der Waals surface area contributed by atoms with E-state index in [0.29, 0.717) is 38.0 Å². The molecule has 0 N–H and O–H groups in total. The van der Waals surface area contributed by atoms with E-state index in [1.54, 1.807) is 4.90 Å². The van der Waals surface area contributed by atoms with Gasteiger partial charge in [-0.1, -0.05) is 0 Å². The van der Waals surface area contributed by atoms with Crippen LogP contribution in [-0.2, 0) is 20.9 Å². The van der Waals surface area contributed by atoms with E-state index in [4.69, 9.17) is 9.59 Å². The Labute approximate surface area is 251 Å². The summed E-state index contributed by atoms with van der Waals surface area (Å²) in [5.41, 5.74) is -0.177. The molecule has 3 heterocycles. The lowest BCUT2D eigenvalue weighted by Gasteiger charge is -2.45. The van der Waals surface area contributed by atoms with Crippen LogP contribution in [-0.4, -0.2) is 95.9 Å². The third kappa shape index (κ3) is 9.73. The Morgan fingerprint density at radius 2 is 1.36 bits per heavy atom. The molecule has 0 atom stereocenters. The van der Waals surface area contributed by atoms with Gasteiger partial charge in [-0.15, -0.1) is 13.2 Å². The number of rotatable bonds is 5. The number of hydrogen-bond donors (Lipinski definition) is 0. The molecule has 2 amide bonds. The minimum Gasteiger partial charge on any atom is -0.426 e. The van der Waals surface area contributed by atoms with Gasteiger partial charge in [0.1, 0.15) is 5.75 Å². The fourth-order valence-electron chi connectivity index (χ4n) is 5.98. The first-order valence-electron chi connectivity index (χ1n) is 13.9. The summed E-state index contributed by atoms with van der Waals surface area (Å²) in [6.07, 6.45) is -18.2. The van der Waals surface area contributed by atoms with E-state index in [1.807, 2.05) is 4.90 Å². The van der Waals surface area contributed by atoms with E-state index < -0.39 is 48.1 Å². The highest BCUT2D eigenvalue weighted by Gasteiger charge is 2.60. The molecule has 4 rings (SSSR count). The number of ether oxygens (including phenoxy) is 2. The zero-order valence-electron chi connectivity index (χ0n) is 23.7. The minimum atomic E-state index is -5.83. The van der Waals surface area contributed by atoms with Gasteiger partial charge in [-0.3, -0.25) is 9.69 Å². The summed E-state index contributed by atoms with van der Waals surface area (Å²) < 4.78 is 124. The number of hydrogen-bond acceptors (Lipinski definition) is 7. The van der Waals surface area contributed by atoms with Gasteiger partial charge in [0, 0.05) is 43.8 Å². The predicted molar refractivity (Wildman–Crippen MR) is 133 cm³/mol. The number of carbonyl (C=O) groups is 2. The SMILES string of the molecule is O=C(OC(C(F)(F)F)C(F)(F)F)N1CCC2(CCCN2Cc2cc(OC(F)(F)F)cc(C(=O)N3CCCCC3)c2)CC1.O=C=O. The molecule has 0 aromatic heterocycles. The Hall–Kier alpha value is -3.53. The van der Waals surface area contributed by atoms with Crippen molar-refractivity contribution in [2.24, 2.45) is 0 Å². The van der Waals surface area contributed by atoms with Gasteiger partial charge < -0.3 is 19.3 Å². The Morgan fingerprint density at radius 1 is 0.778 bits per heavy atom. The molecule has 18 heteroatoms. The number of piperidine rings is 2. The van der Waals surface area contributed by atoms with Crippen molar-refractivity contribution in [2.75, 3.05) is 32.7 Å². The molecule has 0 saturated carbocycles. The summed E-state index contributed by atoms with van der Waals surface area (Å²) in [4.78, 5) is 45.9. The molecule has 1 aromatic rings. The first-order chi connectivity index (χ1) is 20.9. The second-order valence-corrected chi connectivity index (χ2v) is 10.9. The fraction of sp³-hybridized carbons (Fsp3) is 0.667. The van der Waals surface area contributed by atoms with Crippen LogP contribution in [0.5, 0.6) is 5.75 Å². The Kier molecular flexibility index (Phi) is 11.4. The smallest absolute Gasteiger partial charge is 0.426 e. The quantitative estimate of drug-likeness (QED) is 0.374. The van der Waals surface area contributed by atoms with Gasteiger partial charge >= 0.3 is 31.0 Å². The summed E-state index contributed by atoms with van der Waals surface area (Å²) in [6.45, 7) is 1.25. The van der Waals surface area contributed by atoms with Gasteiger partial charge in [-0.05, 0) is 75.3 Å². The molecule has 0 radical (unpaired) electrons. The van der Waals surface area contributed by atoms with Crippen molar-refractivity contribution in [1.29, 1.82) is 0 Å². The Bertz CT molecular complexity index is 1200. The molecule has 3 saturated heterocycles. The van der Waals surface area contributed by atoms with Gasteiger partial charge in [0.05, 0.1) is 0 Å². The van der Waals surface area contributed by atoms with Crippen molar-refractivity contribution in [3.8, 4) is 5.75 Å². The highest BCUT2D eigenvalue weighted by molar-refractivity contribution is 5.95. The summed E-state index contributed by atoms with van der Waals surface area (Å²) >= 11 is 0. The van der Waals surface area contributed by atoms with Crippen LogP contribution < -0.4 is 4.74 Å². The van der Waals surface area contributed by atoms with Gasteiger partial charge in [-0.2, -0.15) is 35.9 Å². The normalized spacial score (nSPS) is 19.2. The molecule has 252 valence electrons. The van der Waals surface area contributed by atoms with E-state index in [-0.39, 0.29) is 44.2 Å². The highest BCUT2D eigenvalue weighted by atomic mass is 19.4. The molecule has 0 unspecified atom stereocenters. The minimum absolute atomic E-state index is 0.0448. The molecule has 1 aromatic carbocycles. The van der Waals surface area contributed by atoms with E-state index in [1.165, 1.54) is 12.1 Å². The largest absolute Gasteiger partial charge is 0.573 e. The number of alkyl halides is 9. The van der Waals surface area contributed by atoms with Crippen molar-refractivity contribution >= 4 is 18.2 Å². The zero-order chi connectivity index (χ0) is 33.6. The summed E-state index contributed by atoms with van der Waals surface area (Å²) in [5, 5.41) is 0. The fourth-order valence-corrected chi connectivity index (χ4v) is 5.98. The van der Waals surface area contributed by atoms with Crippen molar-refractivity contribution in [1.82, 2.24) is 14.7 Å². The van der Waals surface area contributed by atoms with Crippen LogP contribution in [0.1, 0.15) is 60.9 Å². The van der Waals surface area contributed by atoms with Gasteiger partial charge in [0.25, 0.3) is 12.0 Å². The molecule has 45 heavy (non-hydrogen) atoms. The number of carbonyl (C=O) groups excluding carboxylic acids is 4. The van der Waals surface area contributed by atoms with Crippen molar-refractivity contribution in [3.63, 3.8) is 0 Å².